The molecule has 0 radical (unpaired) electrons. The van der Waals surface area contributed by atoms with E-state index in [2.05, 4.69) is 0 Å². The van der Waals surface area contributed by atoms with Crippen molar-refractivity contribution in [3.63, 3.8) is 0 Å². The molecule has 0 fully saturated rings. The van der Waals surface area contributed by atoms with E-state index in [1.165, 1.54) is 0 Å². The van der Waals surface area contributed by atoms with Crippen molar-refractivity contribution >= 4 is 10.1 Å². The van der Waals surface area contributed by atoms with Gasteiger partial charge in [0.15, 0.2) is 0 Å². The Labute approximate surface area is 95.3 Å². The summed E-state index contributed by atoms with van der Waals surface area (Å²) in [5.74, 6) is 0. The molecule has 0 aliphatic heterocycles. The lowest BCUT2D eigenvalue weighted by Crippen LogP contribution is -2.23. The van der Waals surface area contributed by atoms with Crippen molar-refractivity contribution in [1.82, 2.24) is 0 Å². The van der Waals surface area contributed by atoms with Crippen molar-refractivity contribution < 1.29 is 17.3 Å². The molecule has 16 heavy (non-hydrogen) atoms. The highest BCUT2D eigenvalue weighted by atomic mass is 32.2. The van der Waals surface area contributed by atoms with Gasteiger partial charge in [-0.05, 0) is 11.1 Å². The fourth-order valence-corrected chi connectivity index (χ4v) is 2.73. The van der Waals surface area contributed by atoms with Gasteiger partial charge in [-0.2, -0.15) is 8.42 Å². The minimum Gasteiger partial charge on any atom is -0.374 e. The molecule has 1 aliphatic rings. The third kappa shape index (κ3) is 2.26. The zero-order valence-corrected chi connectivity index (χ0v) is 10.0. The number of methoxy groups -OCH3 is 1. The summed E-state index contributed by atoms with van der Waals surface area (Å²) in [4.78, 5) is 0. The highest BCUT2D eigenvalue weighted by Crippen LogP contribution is 2.35. The average molecular weight is 242 g/mol. The largest absolute Gasteiger partial charge is 0.374 e. The Morgan fingerprint density at radius 3 is 2.62 bits per heavy atom. The summed E-state index contributed by atoms with van der Waals surface area (Å²) < 4.78 is 32.6. The van der Waals surface area contributed by atoms with Gasteiger partial charge in [-0.25, -0.2) is 0 Å². The van der Waals surface area contributed by atoms with Crippen LogP contribution < -0.4 is 0 Å². The summed E-state index contributed by atoms with van der Waals surface area (Å²) in [6.45, 7) is 0. The first kappa shape index (κ1) is 11.6. The number of benzene rings is 1. The molecule has 4 nitrogen and oxygen atoms in total. The summed E-state index contributed by atoms with van der Waals surface area (Å²) >= 11 is 0. The van der Waals surface area contributed by atoms with Crippen LogP contribution in [0, 0.1) is 0 Å². The lowest BCUT2D eigenvalue weighted by Gasteiger charge is -2.17. The van der Waals surface area contributed by atoms with Crippen LogP contribution in [0.1, 0.15) is 17.2 Å². The van der Waals surface area contributed by atoms with Gasteiger partial charge in [-0.1, -0.05) is 24.3 Å². The molecule has 0 bridgehead atoms. The second-order valence-electron chi connectivity index (χ2n) is 3.90. The predicted octanol–water partition coefficient (Wildman–Crippen LogP) is 1.27. The Hall–Kier alpha value is -0.910. The summed E-state index contributed by atoms with van der Waals surface area (Å²) in [5, 5.41) is 0. The van der Waals surface area contributed by atoms with E-state index in [0.29, 0.717) is 6.42 Å². The Morgan fingerprint density at radius 1 is 1.31 bits per heavy atom. The Morgan fingerprint density at radius 2 is 2.00 bits per heavy atom. The molecule has 1 aliphatic carbocycles. The lowest BCUT2D eigenvalue weighted by atomic mass is 10.1. The quantitative estimate of drug-likeness (QED) is 0.749. The van der Waals surface area contributed by atoms with Gasteiger partial charge in [0.25, 0.3) is 10.1 Å². The molecule has 0 unspecified atom stereocenters. The first-order chi connectivity index (χ1) is 7.51. The maximum atomic E-state index is 11.1. The van der Waals surface area contributed by atoms with Crippen LogP contribution >= 0.6 is 0 Å². The zero-order valence-electron chi connectivity index (χ0n) is 9.21. The van der Waals surface area contributed by atoms with E-state index in [-0.39, 0.29) is 6.10 Å². The topological polar surface area (TPSA) is 52.6 Å². The fraction of sp³-hybridized carbons (Fsp3) is 0.455. The smallest absolute Gasteiger partial charge is 0.264 e. The maximum Gasteiger partial charge on any atom is 0.264 e. The molecular formula is C11H14O4S. The number of ether oxygens (including phenoxy) is 1. The number of rotatable bonds is 3. The molecule has 0 saturated carbocycles. The van der Waals surface area contributed by atoms with Crippen LogP contribution in [-0.2, 0) is 25.5 Å². The summed E-state index contributed by atoms with van der Waals surface area (Å²) in [6, 6.07) is 7.74. The van der Waals surface area contributed by atoms with Gasteiger partial charge in [-0.15, -0.1) is 0 Å². The molecule has 0 heterocycles. The normalized spacial score (nSPS) is 24.4. The van der Waals surface area contributed by atoms with E-state index in [1.807, 2.05) is 24.3 Å². The van der Waals surface area contributed by atoms with Crippen LogP contribution in [0.4, 0.5) is 0 Å². The third-order valence-corrected chi connectivity index (χ3v) is 3.27. The van der Waals surface area contributed by atoms with Crippen LogP contribution in [0.25, 0.3) is 0 Å². The van der Waals surface area contributed by atoms with Gasteiger partial charge >= 0.3 is 0 Å². The van der Waals surface area contributed by atoms with Gasteiger partial charge in [0.2, 0.25) is 0 Å². The Bertz CT molecular complexity index is 481. The van der Waals surface area contributed by atoms with Crippen molar-refractivity contribution in [3.05, 3.63) is 35.4 Å². The van der Waals surface area contributed by atoms with Crippen LogP contribution in [0.3, 0.4) is 0 Å². The number of hydrogen-bond donors (Lipinski definition) is 0. The second kappa shape index (κ2) is 4.16. The highest BCUT2D eigenvalue weighted by Gasteiger charge is 2.35. The fourth-order valence-electron chi connectivity index (χ4n) is 2.11. The van der Waals surface area contributed by atoms with Gasteiger partial charge in [0, 0.05) is 13.5 Å². The highest BCUT2D eigenvalue weighted by molar-refractivity contribution is 7.86. The zero-order chi connectivity index (χ0) is 11.8. The predicted molar refractivity (Wildman–Crippen MR) is 59.6 cm³/mol. The second-order valence-corrected chi connectivity index (χ2v) is 5.50. The summed E-state index contributed by atoms with van der Waals surface area (Å²) in [7, 11) is -1.89. The van der Waals surface area contributed by atoms with Crippen molar-refractivity contribution in [2.24, 2.45) is 0 Å². The molecule has 0 spiro atoms. The molecule has 1 aromatic carbocycles. The van der Waals surface area contributed by atoms with Gasteiger partial charge in [0.1, 0.15) is 12.2 Å². The van der Waals surface area contributed by atoms with Crippen LogP contribution in [0.15, 0.2) is 24.3 Å². The van der Waals surface area contributed by atoms with Gasteiger partial charge in [0.05, 0.1) is 6.26 Å². The van der Waals surface area contributed by atoms with E-state index < -0.39 is 16.2 Å². The molecule has 2 atom stereocenters. The molecule has 0 aromatic heterocycles. The standard InChI is InChI=1S/C11H14O4S/c1-14-11-9-6-4-3-5-8(9)7-10(11)15-16(2,12)13/h3-6,10-11H,7H2,1-2H3/t10-,11-/m1/s1. The van der Waals surface area contributed by atoms with Crippen molar-refractivity contribution in [2.45, 2.75) is 18.6 Å². The first-order valence-corrected chi connectivity index (χ1v) is 6.82. The molecule has 1 aromatic rings. The molecule has 2 rings (SSSR count). The van der Waals surface area contributed by atoms with Crippen molar-refractivity contribution in [3.8, 4) is 0 Å². The van der Waals surface area contributed by atoms with Gasteiger partial charge < -0.3 is 4.74 Å². The maximum absolute atomic E-state index is 11.1. The average Bonchev–Trinajstić information content (AvgIpc) is 2.51. The van der Waals surface area contributed by atoms with Gasteiger partial charge in [-0.3, -0.25) is 4.18 Å². The van der Waals surface area contributed by atoms with E-state index in [4.69, 9.17) is 8.92 Å². The minimum atomic E-state index is -3.45. The van der Waals surface area contributed by atoms with Crippen LogP contribution in [-0.4, -0.2) is 27.9 Å². The molecule has 0 N–H and O–H groups in total. The Balaban J connectivity index is 2.28. The first-order valence-electron chi connectivity index (χ1n) is 5.00. The number of hydrogen-bond acceptors (Lipinski definition) is 4. The minimum absolute atomic E-state index is 0.300. The van der Waals surface area contributed by atoms with Crippen LogP contribution in [0.2, 0.25) is 0 Å². The SMILES string of the molecule is CO[C@@H]1c2ccccc2C[C@H]1OS(C)(=O)=O. The molecular weight excluding hydrogens is 228 g/mol. The third-order valence-electron chi connectivity index (χ3n) is 2.67. The van der Waals surface area contributed by atoms with E-state index in [1.54, 1.807) is 7.11 Å². The molecule has 88 valence electrons. The summed E-state index contributed by atoms with van der Waals surface area (Å²) in [6.07, 6.45) is 0.882. The number of fused-ring (bicyclic) bond motifs is 1. The van der Waals surface area contributed by atoms with Crippen molar-refractivity contribution in [2.75, 3.05) is 13.4 Å². The molecule has 5 heteroatoms. The van der Waals surface area contributed by atoms with Crippen molar-refractivity contribution in [1.29, 1.82) is 0 Å². The molecule has 0 amide bonds. The van der Waals surface area contributed by atoms with E-state index in [9.17, 15) is 8.42 Å². The monoisotopic (exact) mass is 242 g/mol. The van der Waals surface area contributed by atoms with E-state index >= 15 is 0 Å². The lowest BCUT2D eigenvalue weighted by molar-refractivity contribution is 0.0162. The molecule has 0 saturated heterocycles. The Kier molecular flexibility index (Phi) is 3.01. The van der Waals surface area contributed by atoms with E-state index in [0.717, 1.165) is 17.4 Å². The summed E-state index contributed by atoms with van der Waals surface area (Å²) in [5.41, 5.74) is 2.10. The van der Waals surface area contributed by atoms with Crippen LogP contribution in [0.5, 0.6) is 0 Å².